The van der Waals surface area contributed by atoms with Crippen LogP contribution in [0.15, 0.2) is 35.3 Å². The van der Waals surface area contributed by atoms with Crippen molar-refractivity contribution >= 4 is 29.9 Å². The van der Waals surface area contributed by atoms with Gasteiger partial charge in [0.1, 0.15) is 0 Å². The van der Waals surface area contributed by atoms with Crippen molar-refractivity contribution in [2.75, 3.05) is 39.8 Å². The lowest BCUT2D eigenvalue weighted by molar-refractivity contribution is 0.172. The van der Waals surface area contributed by atoms with E-state index < -0.39 is 0 Å². The summed E-state index contributed by atoms with van der Waals surface area (Å²) in [7, 11) is 1.89. The van der Waals surface area contributed by atoms with Gasteiger partial charge in [0.25, 0.3) is 0 Å². The third-order valence-electron chi connectivity index (χ3n) is 4.38. The third kappa shape index (κ3) is 5.12. The van der Waals surface area contributed by atoms with Crippen molar-refractivity contribution in [3.05, 3.63) is 35.9 Å². The Bertz CT molecular complexity index is 465. The lowest BCUT2D eigenvalue weighted by atomic mass is 10.2. The smallest absolute Gasteiger partial charge is 0.193 e. The fraction of sp³-hybridized carbons (Fsp3) is 0.588. The predicted molar refractivity (Wildman–Crippen MR) is 103 cm³/mol. The van der Waals surface area contributed by atoms with Gasteiger partial charge in [0.05, 0.1) is 0 Å². The van der Waals surface area contributed by atoms with Crippen LogP contribution in [-0.2, 0) is 6.54 Å². The van der Waals surface area contributed by atoms with Crippen LogP contribution < -0.4 is 5.32 Å². The molecule has 0 bridgehead atoms. The molecule has 0 atom stereocenters. The van der Waals surface area contributed by atoms with Crippen LogP contribution in [0.25, 0.3) is 0 Å². The molecule has 122 valence electrons. The van der Waals surface area contributed by atoms with Gasteiger partial charge in [-0.05, 0) is 24.3 Å². The summed E-state index contributed by atoms with van der Waals surface area (Å²) in [5.41, 5.74) is 1.40. The number of piperazine rings is 1. The molecular formula is C17H27IN4. The van der Waals surface area contributed by atoms with E-state index in [1.165, 1.54) is 18.4 Å². The second kappa shape index (κ2) is 8.72. The maximum atomic E-state index is 4.43. The van der Waals surface area contributed by atoms with E-state index in [4.69, 9.17) is 0 Å². The van der Waals surface area contributed by atoms with Crippen molar-refractivity contribution in [3.63, 3.8) is 0 Å². The minimum atomic E-state index is 0. The summed E-state index contributed by atoms with van der Waals surface area (Å²) in [6.07, 6.45) is 2.77. The second-order valence-corrected chi connectivity index (χ2v) is 6.12. The van der Waals surface area contributed by atoms with E-state index >= 15 is 0 Å². The molecule has 0 aromatic heterocycles. The molecule has 1 aromatic carbocycles. The molecule has 0 amide bonds. The largest absolute Gasteiger partial charge is 0.356 e. The number of nitrogens with one attached hydrogen (secondary N) is 1. The molecular weight excluding hydrogens is 387 g/mol. The average molecular weight is 414 g/mol. The van der Waals surface area contributed by atoms with E-state index in [9.17, 15) is 0 Å². The molecule has 1 aliphatic heterocycles. The Morgan fingerprint density at radius 1 is 1.14 bits per heavy atom. The molecule has 2 aliphatic rings. The van der Waals surface area contributed by atoms with Crippen molar-refractivity contribution in [2.45, 2.75) is 19.4 Å². The highest BCUT2D eigenvalue weighted by Gasteiger charge is 2.24. The Balaban J connectivity index is 0.00000176. The fourth-order valence-electron chi connectivity index (χ4n) is 2.85. The van der Waals surface area contributed by atoms with Crippen LogP contribution in [0.3, 0.4) is 0 Å². The standard InChI is InChI=1S/C17H26N4.HI/c1-18-17(19-13-15-7-8-15)21-11-9-20(10-12-21)14-16-5-3-2-4-6-16;/h2-6,15H,7-14H2,1H3,(H,18,19);1H. The summed E-state index contributed by atoms with van der Waals surface area (Å²) in [4.78, 5) is 9.35. The van der Waals surface area contributed by atoms with E-state index in [1.807, 2.05) is 7.05 Å². The molecule has 22 heavy (non-hydrogen) atoms. The summed E-state index contributed by atoms with van der Waals surface area (Å²) >= 11 is 0. The fourth-order valence-corrected chi connectivity index (χ4v) is 2.85. The number of nitrogens with zero attached hydrogens (tertiary/aromatic N) is 3. The topological polar surface area (TPSA) is 30.9 Å². The van der Waals surface area contributed by atoms with E-state index in [1.54, 1.807) is 0 Å². The van der Waals surface area contributed by atoms with Crippen molar-refractivity contribution < 1.29 is 0 Å². The van der Waals surface area contributed by atoms with Crippen LogP contribution in [0.4, 0.5) is 0 Å². The molecule has 1 saturated heterocycles. The maximum Gasteiger partial charge on any atom is 0.193 e. The number of benzene rings is 1. The lowest BCUT2D eigenvalue weighted by Crippen LogP contribution is -2.52. The van der Waals surface area contributed by atoms with E-state index in [-0.39, 0.29) is 24.0 Å². The number of rotatable bonds is 4. The minimum absolute atomic E-state index is 0. The van der Waals surface area contributed by atoms with Gasteiger partial charge in [-0.15, -0.1) is 24.0 Å². The van der Waals surface area contributed by atoms with Gasteiger partial charge in [-0.3, -0.25) is 9.89 Å². The first kappa shape index (κ1) is 17.5. The van der Waals surface area contributed by atoms with Crippen LogP contribution in [0, 0.1) is 5.92 Å². The molecule has 1 N–H and O–H groups in total. The zero-order valence-electron chi connectivity index (χ0n) is 13.4. The molecule has 1 saturated carbocycles. The number of guanidine groups is 1. The predicted octanol–water partition coefficient (Wildman–Crippen LogP) is 2.41. The molecule has 0 unspecified atom stereocenters. The Morgan fingerprint density at radius 2 is 1.82 bits per heavy atom. The summed E-state index contributed by atoms with van der Waals surface area (Å²) in [5.74, 6) is 1.97. The highest BCUT2D eigenvalue weighted by molar-refractivity contribution is 14.0. The van der Waals surface area contributed by atoms with E-state index in [0.717, 1.165) is 51.1 Å². The monoisotopic (exact) mass is 414 g/mol. The Kier molecular flexibility index (Phi) is 6.95. The summed E-state index contributed by atoms with van der Waals surface area (Å²) in [5, 5.41) is 3.52. The van der Waals surface area contributed by atoms with Gasteiger partial charge in [0.2, 0.25) is 0 Å². The average Bonchev–Trinajstić information content (AvgIpc) is 3.35. The van der Waals surface area contributed by atoms with Gasteiger partial charge in [-0.25, -0.2) is 0 Å². The lowest BCUT2D eigenvalue weighted by Gasteiger charge is -2.36. The van der Waals surface area contributed by atoms with Crippen LogP contribution in [0.2, 0.25) is 0 Å². The molecule has 1 aromatic rings. The minimum Gasteiger partial charge on any atom is -0.356 e. The van der Waals surface area contributed by atoms with Crippen LogP contribution in [0.5, 0.6) is 0 Å². The SMILES string of the molecule is CN=C(NCC1CC1)N1CCN(Cc2ccccc2)CC1.I. The van der Waals surface area contributed by atoms with E-state index in [0.29, 0.717) is 0 Å². The quantitative estimate of drug-likeness (QED) is 0.467. The Morgan fingerprint density at radius 3 is 2.41 bits per heavy atom. The van der Waals surface area contributed by atoms with Gasteiger partial charge in [0, 0.05) is 46.3 Å². The third-order valence-corrected chi connectivity index (χ3v) is 4.38. The van der Waals surface area contributed by atoms with Gasteiger partial charge in [-0.1, -0.05) is 30.3 Å². The van der Waals surface area contributed by atoms with Crippen molar-refractivity contribution in [3.8, 4) is 0 Å². The molecule has 1 heterocycles. The Labute approximate surface area is 151 Å². The number of aliphatic imine (C=N–C) groups is 1. The normalized spacial score (nSPS) is 19.7. The second-order valence-electron chi connectivity index (χ2n) is 6.12. The van der Waals surface area contributed by atoms with Crippen LogP contribution in [-0.4, -0.2) is 55.5 Å². The summed E-state index contributed by atoms with van der Waals surface area (Å²) < 4.78 is 0. The van der Waals surface area contributed by atoms with Gasteiger partial charge >= 0.3 is 0 Å². The molecule has 3 rings (SSSR count). The van der Waals surface area contributed by atoms with Crippen molar-refractivity contribution in [2.24, 2.45) is 10.9 Å². The zero-order valence-corrected chi connectivity index (χ0v) is 15.7. The van der Waals surface area contributed by atoms with Crippen LogP contribution >= 0.6 is 24.0 Å². The molecule has 1 aliphatic carbocycles. The molecule has 0 spiro atoms. The molecule has 5 heteroatoms. The first-order valence-electron chi connectivity index (χ1n) is 8.07. The summed E-state index contributed by atoms with van der Waals surface area (Å²) in [6, 6.07) is 10.7. The highest BCUT2D eigenvalue weighted by Crippen LogP contribution is 2.27. The van der Waals surface area contributed by atoms with Crippen molar-refractivity contribution in [1.29, 1.82) is 0 Å². The van der Waals surface area contributed by atoms with Gasteiger partial charge in [-0.2, -0.15) is 0 Å². The molecule has 0 radical (unpaired) electrons. The maximum absolute atomic E-state index is 4.43. The molecule has 4 nitrogen and oxygen atoms in total. The Hall–Kier alpha value is -0.820. The molecule has 2 fully saturated rings. The van der Waals surface area contributed by atoms with E-state index in [2.05, 4.69) is 50.4 Å². The highest BCUT2D eigenvalue weighted by atomic mass is 127. The number of hydrogen-bond donors (Lipinski definition) is 1. The first-order valence-corrected chi connectivity index (χ1v) is 8.07. The zero-order chi connectivity index (χ0) is 14.5. The van der Waals surface area contributed by atoms with Crippen molar-refractivity contribution in [1.82, 2.24) is 15.1 Å². The van der Waals surface area contributed by atoms with Crippen LogP contribution in [0.1, 0.15) is 18.4 Å². The summed E-state index contributed by atoms with van der Waals surface area (Å²) in [6.45, 7) is 6.51. The van der Waals surface area contributed by atoms with Gasteiger partial charge in [0.15, 0.2) is 5.96 Å². The number of halogens is 1. The number of hydrogen-bond acceptors (Lipinski definition) is 2. The van der Waals surface area contributed by atoms with Gasteiger partial charge < -0.3 is 10.2 Å². The first-order chi connectivity index (χ1) is 10.3.